The Hall–Kier alpha value is -6.52. The highest BCUT2D eigenvalue weighted by atomic mass is 15.2. The molecule has 1 unspecified atom stereocenters. The minimum Gasteiger partial charge on any atom is -0.438 e. The number of rotatable bonds is 4. The molecule has 1 atom stereocenters. The maximum Gasteiger partial charge on any atom is 0.0822 e. The van der Waals surface area contributed by atoms with E-state index in [4.69, 9.17) is 15.3 Å². The quantitative estimate of drug-likeness (QED) is 0.189. The molecule has 4 heteroatoms. The van der Waals surface area contributed by atoms with Crippen LogP contribution in [0.15, 0.2) is 192 Å². The Morgan fingerprint density at radius 2 is 1.02 bits per heavy atom. The smallest absolute Gasteiger partial charge is 0.0822 e. The first-order valence-corrected chi connectivity index (χ1v) is 17.1. The minimum atomic E-state index is -0.622. The van der Waals surface area contributed by atoms with E-state index in [0.717, 1.165) is 33.8 Å². The first-order valence-electron chi connectivity index (χ1n) is 17.1. The van der Waals surface area contributed by atoms with Crippen LogP contribution in [0.1, 0.15) is 45.1 Å². The lowest BCUT2D eigenvalue weighted by Crippen LogP contribution is -2.37. The maximum absolute atomic E-state index is 5.34. The first-order chi connectivity index (χ1) is 24.8. The van der Waals surface area contributed by atoms with Gasteiger partial charge in [0.1, 0.15) is 0 Å². The molecule has 3 aliphatic rings. The number of amidine groups is 2. The van der Waals surface area contributed by atoms with Gasteiger partial charge in [0.15, 0.2) is 0 Å². The second-order valence-corrected chi connectivity index (χ2v) is 12.9. The standard InChI is InChI=1S/C46H31N4/c1-4-17-31(18-5-1)43-47-44(32-19-6-2-7-20-32)49-45(48-43)36-25-16-24-35-34-23-10-11-26-37(34)46(42(35)36)38-27-12-14-29-40(38)50(33-21-8-3-9-22-33)41-30-15-13-28-39(41)46/h1-30,43H/q-1. The van der Waals surface area contributed by atoms with Crippen molar-refractivity contribution in [1.29, 1.82) is 0 Å². The molecule has 7 aromatic carbocycles. The summed E-state index contributed by atoms with van der Waals surface area (Å²) in [5.74, 6) is 1.38. The third kappa shape index (κ3) is 4.12. The lowest BCUT2D eigenvalue weighted by molar-refractivity contribution is 0.750. The van der Waals surface area contributed by atoms with Crippen LogP contribution in [0.25, 0.3) is 16.4 Å². The van der Waals surface area contributed by atoms with Crippen LogP contribution in [0.4, 0.5) is 17.1 Å². The van der Waals surface area contributed by atoms with Crippen LogP contribution in [0.2, 0.25) is 0 Å². The molecule has 50 heavy (non-hydrogen) atoms. The van der Waals surface area contributed by atoms with Crippen LogP contribution >= 0.6 is 0 Å². The summed E-state index contributed by atoms with van der Waals surface area (Å²) >= 11 is 0. The molecule has 10 rings (SSSR count). The van der Waals surface area contributed by atoms with E-state index in [-0.39, 0.29) is 0 Å². The molecule has 1 spiro atoms. The van der Waals surface area contributed by atoms with E-state index in [1.165, 1.54) is 33.4 Å². The van der Waals surface area contributed by atoms with Crippen molar-refractivity contribution in [1.82, 2.24) is 0 Å². The first kappa shape index (κ1) is 28.5. The van der Waals surface area contributed by atoms with Crippen LogP contribution in [-0.4, -0.2) is 11.7 Å². The fourth-order valence-electron chi connectivity index (χ4n) is 8.26. The number of hydrogen-bond donors (Lipinski definition) is 0. The highest BCUT2D eigenvalue weighted by Gasteiger charge is 2.52. The number of nitrogens with zero attached hydrogens (tertiary/aromatic N) is 4. The van der Waals surface area contributed by atoms with Crippen LogP contribution in [-0.2, 0) is 5.41 Å². The van der Waals surface area contributed by atoms with Crippen LogP contribution in [0.5, 0.6) is 0 Å². The van der Waals surface area contributed by atoms with Crippen LogP contribution in [0.3, 0.4) is 0 Å². The number of fused-ring (bicyclic) bond motifs is 9. The lowest BCUT2D eigenvalue weighted by atomic mass is 9.63. The molecular formula is C46H31N4-. The fourth-order valence-corrected chi connectivity index (χ4v) is 8.26. The summed E-state index contributed by atoms with van der Waals surface area (Å²) in [6, 6.07) is 64.6. The maximum atomic E-state index is 5.34. The molecule has 2 heterocycles. The molecule has 0 fully saturated rings. The Morgan fingerprint density at radius 1 is 0.480 bits per heavy atom. The van der Waals surface area contributed by atoms with Crippen molar-refractivity contribution in [3.63, 3.8) is 0 Å². The zero-order chi connectivity index (χ0) is 33.1. The topological polar surface area (TPSA) is 42.1 Å². The third-order valence-electron chi connectivity index (χ3n) is 10.2. The Kier molecular flexibility index (Phi) is 6.43. The summed E-state index contributed by atoms with van der Waals surface area (Å²) in [4.78, 5) is 13.0. The van der Waals surface area contributed by atoms with Gasteiger partial charge < -0.3 is 15.2 Å². The average Bonchev–Trinajstić information content (AvgIpc) is 3.50. The van der Waals surface area contributed by atoms with Gasteiger partial charge in [-0.05, 0) is 68.8 Å². The van der Waals surface area contributed by atoms with Gasteiger partial charge in [-0.2, -0.15) is 0 Å². The third-order valence-corrected chi connectivity index (χ3v) is 10.2. The summed E-state index contributed by atoms with van der Waals surface area (Å²) in [5, 5.41) is 5.11. The fraction of sp³-hybridized carbons (Fsp3) is 0.0435. The van der Waals surface area contributed by atoms with Gasteiger partial charge in [-0.1, -0.05) is 164 Å². The van der Waals surface area contributed by atoms with Gasteiger partial charge in [-0.3, -0.25) is 4.99 Å². The molecule has 1 aliphatic carbocycles. The zero-order valence-electron chi connectivity index (χ0n) is 27.2. The van der Waals surface area contributed by atoms with E-state index in [1.54, 1.807) is 0 Å². The molecule has 2 aliphatic heterocycles. The Labute approximate surface area is 291 Å². The van der Waals surface area contributed by atoms with Crippen molar-refractivity contribution >= 4 is 28.7 Å². The average molecular weight is 640 g/mol. The highest BCUT2D eigenvalue weighted by molar-refractivity contribution is 6.20. The van der Waals surface area contributed by atoms with E-state index in [2.05, 4.69) is 150 Å². The number of benzene rings is 7. The number of aliphatic imine (C=N–C) groups is 2. The Morgan fingerprint density at radius 3 is 1.72 bits per heavy atom. The second-order valence-electron chi connectivity index (χ2n) is 12.9. The van der Waals surface area contributed by atoms with Crippen molar-refractivity contribution in [3.8, 4) is 11.1 Å². The zero-order valence-corrected chi connectivity index (χ0v) is 27.2. The number of para-hydroxylation sites is 3. The molecule has 0 bridgehead atoms. The largest absolute Gasteiger partial charge is 0.438 e. The number of hydrogen-bond acceptors (Lipinski definition) is 3. The predicted octanol–water partition coefficient (Wildman–Crippen LogP) is 11.1. The van der Waals surface area contributed by atoms with Crippen molar-refractivity contribution < 1.29 is 0 Å². The molecule has 0 radical (unpaired) electrons. The van der Waals surface area contributed by atoms with E-state index in [1.807, 2.05) is 36.4 Å². The summed E-state index contributed by atoms with van der Waals surface area (Å²) < 4.78 is 0. The van der Waals surface area contributed by atoms with E-state index in [0.29, 0.717) is 11.7 Å². The molecule has 236 valence electrons. The normalized spacial score (nSPS) is 16.3. The van der Waals surface area contributed by atoms with Crippen LogP contribution < -0.4 is 4.90 Å². The van der Waals surface area contributed by atoms with Gasteiger partial charge in [0.2, 0.25) is 0 Å². The SMILES string of the molecule is c1ccc(C2=NC(c3cccc4c3C3(c5ccccc5-4)c4ccccc4N(c4ccccc4)c4ccccc43)=NC(c3ccccc3)[N-]2)cc1. The summed E-state index contributed by atoms with van der Waals surface area (Å²) in [5.41, 5.74) is 13.2. The lowest BCUT2D eigenvalue weighted by Gasteiger charge is -2.45. The molecule has 7 aromatic rings. The molecule has 0 saturated carbocycles. The van der Waals surface area contributed by atoms with E-state index >= 15 is 0 Å². The van der Waals surface area contributed by atoms with Crippen molar-refractivity contribution in [2.75, 3.05) is 4.90 Å². The Balaban J connectivity index is 1.30. The van der Waals surface area contributed by atoms with Gasteiger partial charge in [0, 0.05) is 11.3 Å². The summed E-state index contributed by atoms with van der Waals surface area (Å²) in [6.45, 7) is 0. The molecule has 0 aromatic heterocycles. The predicted molar refractivity (Wildman–Crippen MR) is 204 cm³/mol. The minimum absolute atomic E-state index is 0.422. The van der Waals surface area contributed by atoms with Gasteiger partial charge >= 0.3 is 0 Å². The second kappa shape index (κ2) is 11.3. The molecule has 4 nitrogen and oxygen atoms in total. The summed E-state index contributed by atoms with van der Waals surface area (Å²) in [7, 11) is 0. The van der Waals surface area contributed by atoms with Crippen LogP contribution in [0, 0.1) is 0 Å². The number of anilines is 3. The van der Waals surface area contributed by atoms with Gasteiger partial charge in [0.05, 0.1) is 28.8 Å². The highest BCUT2D eigenvalue weighted by Crippen LogP contribution is 2.64. The van der Waals surface area contributed by atoms with E-state index in [9.17, 15) is 0 Å². The molecule has 0 amide bonds. The molecular weight excluding hydrogens is 609 g/mol. The monoisotopic (exact) mass is 639 g/mol. The van der Waals surface area contributed by atoms with E-state index < -0.39 is 11.6 Å². The van der Waals surface area contributed by atoms with Crippen molar-refractivity contribution in [3.05, 3.63) is 226 Å². The Bertz CT molecular complexity index is 2420. The molecule has 0 N–H and O–H groups in total. The van der Waals surface area contributed by atoms with Crippen molar-refractivity contribution in [2.24, 2.45) is 9.98 Å². The van der Waals surface area contributed by atoms with Gasteiger partial charge in [0.25, 0.3) is 0 Å². The van der Waals surface area contributed by atoms with Gasteiger partial charge in [-0.25, -0.2) is 0 Å². The van der Waals surface area contributed by atoms with Gasteiger partial charge in [-0.15, -0.1) is 0 Å². The van der Waals surface area contributed by atoms with Crippen molar-refractivity contribution in [2.45, 2.75) is 11.6 Å². The summed E-state index contributed by atoms with van der Waals surface area (Å²) in [6.07, 6.45) is -0.422. The molecule has 0 saturated heterocycles.